The molecule has 28 nitrogen and oxygen atoms in total. The van der Waals surface area contributed by atoms with Gasteiger partial charge in [-0.05, 0) is 293 Å². The van der Waals surface area contributed by atoms with Crippen molar-refractivity contribution >= 4 is 81.0 Å². The zero-order chi connectivity index (χ0) is 105. The second kappa shape index (κ2) is 37.5. The van der Waals surface area contributed by atoms with Crippen molar-refractivity contribution in [2.45, 2.75) is 317 Å². The van der Waals surface area contributed by atoms with Crippen molar-refractivity contribution in [1.82, 2.24) is 48.3 Å². The molecule has 13 heterocycles. The number of ketones is 2. The Hall–Kier alpha value is -12.4. The van der Waals surface area contributed by atoms with Gasteiger partial charge in [0, 0.05) is 117 Å². The van der Waals surface area contributed by atoms with Crippen LogP contribution in [0.3, 0.4) is 0 Å². The Labute approximate surface area is 850 Å². The van der Waals surface area contributed by atoms with Gasteiger partial charge in [-0.25, -0.2) is 28.9 Å². The zero-order valence-corrected chi connectivity index (χ0v) is 89.5. The van der Waals surface area contributed by atoms with Gasteiger partial charge in [0.1, 0.15) is 53.9 Å². The molecule has 3 aliphatic carbocycles. The molecule has 30 heteroatoms. The van der Waals surface area contributed by atoms with E-state index in [0.717, 1.165) is 123 Å². The van der Waals surface area contributed by atoms with Crippen molar-refractivity contribution in [3.05, 3.63) is 244 Å². The standard InChI is InChI=1S/C32H35FN2O5.C29H36N2O4Si.C28H33N3O4.C27H31N3O5/c1-6-32(39)22-13-25-20-11-17-12-23(33)16(2)18-7-9-24(34-27(37)15-40-31(3,4)5)29(28(17)18)21(20)14-35(25)30(38)19(22)8-10-26(32)36;1-8-29(35-28(2,3)4)22-15-24-25-20(16-31(24)26(32)21(22)17-34-27(29)33)18(13-14-36(5,6)7)19-11-9-10-12-23(19)30-25;1-7-28(34)20-13-22-25-16(14-31(22)26(33)17(20)8-11-24(28)32)12-18-19(15-30(5)6)23(35-27(2,3)4)10-9-21(18)29-25;1-7-27(35-26(2,3)4)19-11-21-23-15(12-30(21)24(32)18(19)14-34-25(27)33)10-16-17(13-29(5)6)22(31)9-8-20(16)28-23/h11-13,24,39H,6-10,14-15H2,1-5H3,(H,34,37);9-12,15H,8,13-14,16-17H2,1-7H3;9-10,12-13,34H,7-8,11,14-15H2,1-6H3;8-11,31H,7,12-14H2,1-6H3/t24-,32-;29-;28-;27-/m0000/s1. The molecular weight excluding hydrogens is 1870 g/mol. The zero-order valence-electron chi connectivity index (χ0n) is 88.5. The van der Waals surface area contributed by atoms with Crippen molar-refractivity contribution in [2.75, 3.05) is 34.8 Å². The van der Waals surface area contributed by atoms with E-state index in [9.17, 15) is 58.5 Å². The summed E-state index contributed by atoms with van der Waals surface area (Å²) in [6.07, 6.45) is 4.27. The van der Waals surface area contributed by atoms with Gasteiger partial charge < -0.3 is 77.1 Å². The van der Waals surface area contributed by atoms with Gasteiger partial charge in [-0.3, -0.25) is 33.6 Å². The van der Waals surface area contributed by atoms with Crippen molar-refractivity contribution < 1.29 is 72.1 Å². The minimum atomic E-state index is -1.70. The summed E-state index contributed by atoms with van der Waals surface area (Å²) in [5.74, 6) is -0.877. The largest absolute Gasteiger partial charge is 0.508 e. The lowest BCUT2D eigenvalue weighted by Gasteiger charge is -2.40. The molecule has 0 spiro atoms. The Morgan fingerprint density at radius 2 is 0.973 bits per heavy atom. The molecule has 7 aromatic heterocycles. The SMILES string of the molecule is CC[C@@]1(O)C(=O)CCc2c1cc1n(c2=O)Cc2c-1cc1cc(F)c(C)c3c1c2[C@@H](NC(=O)COC(C)(C)C)CC3.CC[C@@]1(O)C(=O)CCc2c1cc1n(c2=O)Cc2cc3c(CN(C)C)c(OC(C)(C)C)ccc3nc2-1.CC[C@@]1(OC(C)(C)C)C(=O)OCc2c1cc1n(c2=O)Cc2c-1nc1ccccc1c2CC[Si](C)(C)C.CC[C@@]1(OC(C)(C)C)C(=O)OCc2c1cc1n(c2=O)Cc2cc3c(CN(C)C)c(O)ccc3nc2-1. The number of cyclic esters (lactones) is 2. The number of hydrogen-bond acceptors (Lipinski definition) is 23. The number of para-hydroxylation sites is 1. The fraction of sp³-hybridized carbons (Fsp3) is 0.466. The van der Waals surface area contributed by atoms with Crippen LogP contribution >= 0.6 is 0 Å². The van der Waals surface area contributed by atoms with Gasteiger partial charge in [0.2, 0.25) is 5.91 Å². The van der Waals surface area contributed by atoms with Gasteiger partial charge in [-0.2, -0.15) is 0 Å². The molecule has 0 saturated carbocycles. The number of fused-ring (bicyclic) bond motifs is 20. The minimum Gasteiger partial charge on any atom is -0.508 e. The molecule has 0 saturated heterocycles. The van der Waals surface area contributed by atoms with Gasteiger partial charge in [0.25, 0.3) is 22.2 Å². The lowest BCUT2D eigenvalue weighted by atomic mass is 9.76. The van der Waals surface area contributed by atoms with Crippen LogP contribution < -0.4 is 32.3 Å². The number of carbonyl (C=O) groups is 5. The number of phenolic OH excluding ortho intramolecular Hbond substituents is 1. The summed E-state index contributed by atoms with van der Waals surface area (Å²) < 4.78 is 57.7. The lowest BCUT2D eigenvalue weighted by molar-refractivity contribution is -0.200. The summed E-state index contributed by atoms with van der Waals surface area (Å²) in [6.45, 7) is 42.1. The number of amides is 1. The van der Waals surface area contributed by atoms with E-state index in [0.29, 0.717) is 156 Å². The maximum atomic E-state index is 15.1. The number of pyridine rings is 7. The number of benzene rings is 5. The Balaban J connectivity index is 0.000000128. The van der Waals surface area contributed by atoms with Crippen LogP contribution in [-0.2, 0) is 148 Å². The molecule has 5 aromatic carbocycles. The van der Waals surface area contributed by atoms with E-state index in [1.54, 1.807) is 52.7 Å². The van der Waals surface area contributed by atoms with Gasteiger partial charge in [0.05, 0.1) is 117 Å². The van der Waals surface area contributed by atoms with Gasteiger partial charge in [-0.15, -0.1) is 0 Å². The molecule has 0 radical (unpaired) electrons. The number of aromatic hydroxyl groups is 1. The number of aryl methyl sites for hydroxylation is 2. The van der Waals surface area contributed by atoms with Crippen molar-refractivity contribution in [3.8, 4) is 56.9 Å². The smallest absolute Gasteiger partial charge is 0.343 e. The third-order valence-electron chi connectivity index (χ3n) is 29.9. The predicted molar refractivity (Wildman–Crippen MR) is 563 cm³/mol. The van der Waals surface area contributed by atoms with E-state index >= 15 is 4.39 Å². The van der Waals surface area contributed by atoms with Crippen LogP contribution in [0.25, 0.3) is 88.9 Å². The molecule has 6 aliphatic heterocycles. The van der Waals surface area contributed by atoms with Gasteiger partial charge in [-0.1, -0.05) is 71.6 Å². The van der Waals surface area contributed by atoms with Crippen LogP contribution in [0.4, 0.5) is 4.39 Å². The molecule has 0 fully saturated rings. The Morgan fingerprint density at radius 3 is 1.48 bits per heavy atom. The van der Waals surface area contributed by atoms with Gasteiger partial charge in [0.15, 0.2) is 22.8 Å². The quantitative estimate of drug-likeness (QED) is 0.0486. The fourth-order valence-corrected chi connectivity index (χ4v) is 24.0. The maximum absolute atomic E-state index is 15.1. The summed E-state index contributed by atoms with van der Waals surface area (Å²) in [5.41, 5.74) is 13.0. The molecule has 146 heavy (non-hydrogen) atoms. The van der Waals surface area contributed by atoms with Crippen molar-refractivity contribution in [2.24, 2.45) is 0 Å². The van der Waals surface area contributed by atoms with Crippen LogP contribution in [-0.4, -0.2) is 153 Å². The van der Waals surface area contributed by atoms with E-state index in [4.69, 9.17) is 43.4 Å². The van der Waals surface area contributed by atoms with E-state index < -0.39 is 59.2 Å². The third-order valence-corrected chi connectivity index (χ3v) is 31.7. The predicted octanol–water partition coefficient (Wildman–Crippen LogP) is 17.7. The van der Waals surface area contributed by atoms with E-state index in [1.165, 1.54) is 11.6 Å². The maximum Gasteiger partial charge on any atom is 0.343 e. The second-order valence-corrected chi connectivity index (χ2v) is 51.9. The van der Waals surface area contributed by atoms with Crippen LogP contribution in [0.15, 0.2) is 116 Å². The van der Waals surface area contributed by atoms with Crippen LogP contribution in [0.2, 0.25) is 25.7 Å². The summed E-state index contributed by atoms with van der Waals surface area (Å²) in [4.78, 5) is 138. The Morgan fingerprint density at radius 1 is 0.507 bits per heavy atom. The summed E-state index contributed by atoms with van der Waals surface area (Å²) in [6, 6.07) is 31.5. The summed E-state index contributed by atoms with van der Waals surface area (Å²) >= 11 is 0. The number of carbonyl (C=O) groups excluding carboxylic acids is 5. The third kappa shape index (κ3) is 18.3. The number of hydrogen-bond donors (Lipinski definition) is 4. The number of Topliss-reactive ketones (excluding diaryl/α,β-unsaturated/α-hetero) is 2. The molecule has 21 rings (SSSR count). The van der Waals surface area contributed by atoms with Gasteiger partial charge >= 0.3 is 11.9 Å². The normalized spacial score (nSPS) is 19.7. The average molecular weight is 2000 g/mol. The number of aliphatic hydroxyl groups is 2. The number of ether oxygens (including phenoxy) is 6. The summed E-state index contributed by atoms with van der Waals surface area (Å²) in [7, 11) is 6.66. The number of aromatic nitrogens is 7. The highest BCUT2D eigenvalue weighted by Gasteiger charge is 2.54. The lowest BCUT2D eigenvalue weighted by Crippen LogP contribution is -2.49. The monoisotopic (exact) mass is 2000 g/mol. The molecule has 12 aromatic rings. The topological polar surface area (TPSA) is 347 Å². The van der Waals surface area contributed by atoms with Crippen molar-refractivity contribution in [3.63, 3.8) is 0 Å². The molecule has 0 unspecified atom stereocenters. The molecule has 9 aliphatic rings. The second-order valence-electron chi connectivity index (χ2n) is 46.3. The number of nitrogens with one attached hydrogen (secondary N) is 1. The van der Waals surface area contributed by atoms with Crippen LogP contribution in [0.5, 0.6) is 11.5 Å². The van der Waals surface area contributed by atoms with E-state index in [1.807, 2.05) is 189 Å². The first kappa shape index (κ1) is 104. The number of phenols is 1. The summed E-state index contributed by atoms with van der Waals surface area (Å²) in [5, 5.41) is 40.8. The highest BCUT2D eigenvalue weighted by molar-refractivity contribution is 6.76. The first-order valence-corrected chi connectivity index (χ1v) is 54.8. The van der Waals surface area contributed by atoms with Crippen LogP contribution in [0.1, 0.15) is 262 Å². The Bertz CT molecular complexity index is 7810. The Kier molecular flexibility index (Phi) is 26.6. The molecule has 768 valence electrons. The van der Waals surface area contributed by atoms with E-state index in [-0.39, 0.29) is 108 Å². The van der Waals surface area contributed by atoms with E-state index in [2.05, 4.69) is 48.1 Å². The molecular formula is C116H135FN10O18Si. The highest BCUT2D eigenvalue weighted by atomic mass is 28.3. The average Bonchev–Trinajstić information content (AvgIpc) is 1.52. The molecule has 5 atom stereocenters. The molecule has 1 amide bonds. The first-order valence-electron chi connectivity index (χ1n) is 51.1. The number of halogens is 1. The highest BCUT2D eigenvalue weighted by Crippen LogP contribution is 2.52. The van der Waals surface area contributed by atoms with Crippen LogP contribution in [0, 0.1) is 12.7 Å². The van der Waals surface area contributed by atoms with Crippen molar-refractivity contribution in [1.29, 1.82) is 0 Å². The minimum absolute atomic E-state index is 0.0310. The number of nitrogens with zero attached hydrogens (tertiary/aromatic N) is 9. The molecule has 0 bridgehead atoms. The first-order chi connectivity index (χ1) is 68.6. The number of rotatable bonds is 17. The molecule has 4 N–H and O–H groups in total. The number of esters is 2. The fourth-order valence-electron chi connectivity index (χ4n) is 23.0.